The van der Waals surface area contributed by atoms with Gasteiger partial charge < -0.3 is 165 Å². The molecule has 38 nitrogen and oxygen atoms in total. The zero-order chi connectivity index (χ0) is 63.3. The highest BCUT2D eigenvalue weighted by atomic mass is 16.8. The third kappa shape index (κ3) is 15.8. The van der Waals surface area contributed by atoms with Crippen molar-refractivity contribution in [1.82, 2.24) is 21.3 Å². The number of hydrogen-bond donors (Lipinski definition) is 22. The van der Waals surface area contributed by atoms with Crippen LogP contribution < -0.4 is 21.3 Å². The van der Waals surface area contributed by atoms with Crippen LogP contribution in [0.2, 0.25) is 0 Å². The Bertz CT molecular complexity index is 2210. The molecule has 0 unspecified atom stereocenters. The fourth-order valence-electron chi connectivity index (χ4n) is 10.7. The Kier molecular flexibility index (Phi) is 24.9. The van der Waals surface area contributed by atoms with Gasteiger partial charge >= 0.3 is 5.97 Å². The van der Waals surface area contributed by atoms with E-state index in [0.717, 1.165) is 27.7 Å². The molecule has 0 spiro atoms. The maximum atomic E-state index is 13.0. The van der Waals surface area contributed by atoms with Crippen LogP contribution in [-0.2, 0) is 76.1 Å². The Morgan fingerprint density at radius 1 is 0.482 bits per heavy atom. The van der Waals surface area contributed by atoms with Gasteiger partial charge in [0.1, 0.15) is 140 Å². The van der Waals surface area contributed by atoms with Crippen LogP contribution in [0.1, 0.15) is 34.1 Å². The fourth-order valence-corrected chi connectivity index (χ4v) is 10.7. The molecule has 0 radical (unpaired) electrons. The molecule has 6 fully saturated rings. The minimum Gasteiger partial charge on any atom is -0.477 e. The van der Waals surface area contributed by atoms with Gasteiger partial charge in [-0.2, -0.15) is 0 Å². The average molecular weight is 1240 g/mol. The van der Waals surface area contributed by atoms with Crippen LogP contribution in [-0.4, -0.2) is 351 Å². The molecule has 6 aliphatic heterocycles. The zero-order valence-electron chi connectivity index (χ0n) is 45.9. The third-order valence-electron chi connectivity index (χ3n) is 15.0. The summed E-state index contributed by atoms with van der Waals surface area (Å²) in [6.07, 6.45) is -52.6. The van der Waals surface area contributed by atoms with Crippen molar-refractivity contribution in [2.24, 2.45) is 0 Å². The van der Waals surface area contributed by atoms with E-state index in [2.05, 4.69) is 21.3 Å². The lowest BCUT2D eigenvalue weighted by atomic mass is 9.88. The number of carbonyl (C=O) groups is 5. The SMILES string of the molecule is CC(=O)N[C@@H]1[C@@H](O[C@@H]2O[C@H](CO)[C@@H](O[C@@H]3O[C@H](CO)[C@H](O)[C@H](O)[C@H]3O)[C@H](O)[C@H]2NC(C)=O)[C@@H](O)[C@@H](CO[C@@H]2O[C@H](CO)[C@@H](O[C@@H]3O[C@H](CO)[C@H](O)[C@H](O[C@]4(C(=O)O)C[C@H](O)[C@@H](NC(C)=O)[C@H]([C@H](O)[C@H](O)CO)O4)[C@H]3O)[C@H](O)[C@H]2NC(C)=O)O[C@H]1O. The minimum absolute atomic E-state index is 0.825. The van der Waals surface area contributed by atoms with Crippen LogP contribution in [0.15, 0.2) is 0 Å². The molecule has 31 atom stereocenters. The number of rotatable bonds is 23. The molecule has 6 heterocycles. The molecule has 6 saturated heterocycles. The predicted octanol–water partition coefficient (Wildman–Crippen LogP) is -14.3. The van der Waals surface area contributed by atoms with Gasteiger partial charge in [-0.15, -0.1) is 0 Å². The fraction of sp³-hybridized carbons (Fsp3) is 0.894. The van der Waals surface area contributed by atoms with Crippen LogP contribution >= 0.6 is 0 Å². The lowest BCUT2D eigenvalue weighted by Crippen LogP contribution is -2.71. The van der Waals surface area contributed by atoms with Crippen molar-refractivity contribution in [3.63, 3.8) is 0 Å². The first-order valence-electron chi connectivity index (χ1n) is 26.7. The summed E-state index contributed by atoms with van der Waals surface area (Å²) in [7, 11) is 0. The van der Waals surface area contributed by atoms with Gasteiger partial charge in [-0.05, 0) is 0 Å². The molecule has 0 aromatic heterocycles. The van der Waals surface area contributed by atoms with E-state index >= 15 is 0 Å². The predicted molar refractivity (Wildman–Crippen MR) is 263 cm³/mol. The van der Waals surface area contributed by atoms with Gasteiger partial charge in [0.15, 0.2) is 31.5 Å². The van der Waals surface area contributed by atoms with E-state index in [-0.39, 0.29) is 0 Å². The van der Waals surface area contributed by atoms with E-state index in [1.54, 1.807) is 0 Å². The van der Waals surface area contributed by atoms with Gasteiger partial charge in [-0.25, -0.2) is 4.79 Å². The summed E-state index contributed by atoms with van der Waals surface area (Å²) in [5.41, 5.74) is 0. The Balaban J connectivity index is 1.21. The smallest absolute Gasteiger partial charge is 0.364 e. The van der Waals surface area contributed by atoms with E-state index in [1.807, 2.05) is 0 Å². The number of amides is 4. The number of carboxylic acid groups (broad SMARTS) is 1. The summed E-state index contributed by atoms with van der Waals surface area (Å²) in [5.74, 6) is -8.64. The third-order valence-corrected chi connectivity index (χ3v) is 15.0. The van der Waals surface area contributed by atoms with Crippen LogP contribution in [0.4, 0.5) is 0 Å². The molecule has 6 rings (SSSR count). The number of aliphatic hydroxyl groups is 17. The summed E-state index contributed by atoms with van der Waals surface area (Å²) >= 11 is 0. The minimum atomic E-state index is -3.19. The molecular weight excluding hydrogens is 1160 g/mol. The van der Waals surface area contributed by atoms with Crippen molar-refractivity contribution in [3.05, 3.63) is 0 Å². The number of aliphatic hydroxyl groups excluding tert-OH is 17. The monoisotopic (exact) mass is 1240 g/mol. The van der Waals surface area contributed by atoms with Gasteiger partial charge in [0.25, 0.3) is 5.79 Å². The Hall–Kier alpha value is -3.77. The normalized spacial score (nSPS) is 45.0. The molecule has 490 valence electrons. The topological polar surface area (TPSA) is 599 Å². The maximum absolute atomic E-state index is 13.0. The second-order valence-corrected chi connectivity index (χ2v) is 21.2. The first-order chi connectivity index (χ1) is 40.0. The summed E-state index contributed by atoms with van der Waals surface area (Å²) in [6, 6.07) is -6.92. The maximum Gasteiger partial charge on any atom is 0.364 e. The largest absolute Gasteiger partial charge is 0.477 e. The van der Waals surface area contributed by atoms with Gasteiger partial charge in [0.2, 0.25) is 23.6 Å². The van der Waals surface area contributed by atoms with E-state index in [4.69, 9.17) is 52.1 Å². The van der Waals surface area contributed by atoms with Gasteiger partial charge in [-0.3, -0.25) is 19.2 Å². The van der Waals surface area contributed by atoms with Gasteiger partial charge in [-0.1, -0.05) is 0 Å². The first kappa shape index (κ1) is 70.3. The van der Waals surface area contributed by atoms with E-state index < -0.39 is 265 Å². The zero-order valence-corrected chi connectivity index (χ0v) is 45.9. The van der Waals surface area contributed by atoms with Crippen molar-refractivity contribution >= 4 is 29.6 Å². The number of carboxylic acids is 1. The van der Waals surface area contributed by atoms with E-state index in [1.165, 1.54) is 0 Å². The number of ether oxygens (including phenoxy) is 11. The van der Waals surface area contributed by atoms with Crippen molar-refractivity contribution in [2.75, 3.05) is 39.6 Å². The van der Waals surface area contributed by atoms with Crippen molar-refractivity contribution in [1.29, 1.82) is 0 Å². The van der Waals surface area contributed by atoms with Crippen molar-refractivity contribution in [3.8, 4) is 0 Å². The standard InChI is InChI=1S/C47H78N4O34/c1-12(57)48-23-16(61)5-47(46(73)74,84-39(23)27(63)17(62)6-52)85-40-29(65)19(8-54)78-45(35(40)71)82-36-20(9-55)79-42(24(31(36)67)49-13(2)58)75-11-22-30(66)38(26(41(72)76-22)51-15(4)60)83-43-25(50-14(3)59)32(68)37(21(10-56)80-43)81-44-34(70)33(69)28(64)18(7-53)77-44/h16-45,52-56,61-72H,5-11H2,1-4H3,(H,48,57)(H,49,58)(H,50,59)(H,51,60)(H,73,74)/t16-,17+,18+,19+,20+,21+,22+,23+,24+,25+,26+,27+,28-,29-,30-,31+,32+,33-,34+,35+,36+,37+,38+,39+,40-,41+,42+,43-,44-,45-,47-/m0/s1. The summed E-state index contributed by atoms with van der Waals surface area (Å²) < 4.78 is 63.3. The molecule has 0 bridgehead atoms. The molecule has 22 N–H and O–H groups in total. The Morgan fingerprint density at radius 2 is 0.918 bits per heavy atom. The molecular formula is C47H78N4O34. The Labute approximate surface area is 481 Å². The number of nitrogens with one attached hydrogen (secondary N) is 4. The highest BCUT2D eigenvalue weighted by Crippen LogP contribution is 2.39. The van der Waals surface area contributed by atoms with E-state index in [9.17, 15) is 116 Å². The van der Waals surface area contributed by atoms with Gasteiger partial charge in [0, 0.05) is 34.1 Å². The number of carbonyl (C=O) groups excluding carboxylic acids is 4. The molecule has 0 aromatic rings. The summed E-state index contributed by atoms with van der Waals surface area (Å²) in [4.78, 5) is 62.8. The molecule has 38 heteroatoms. The van der Waals surface area contributed by atoms with Crippen molar-refractivity contribution in [2.45, 2.75) is 224 Å². The van der Waals surface area contributed by atoms with Crippen LogP contribution in [0.3, 0.4) is 0 Å². The quantitative estimate of drug-likeness (QED) is 0.0452. The second-order valence-electron chi connectivity index (χ2n) is 21.2. The number of aliphatic carboxylic acids is 1. The summed E-state index contributed by atoms with van der Waals surface area (Å²) in [6.45, 7) is -2.17. The number of hydrogen-bond acceptors (Lipinski definition) is 33. The lowest BCUT2D eigenvalue weighted by Gasteiger charge is -2.51. The van der Waals surface area contributed by atoms with Crippen LogP contribution in [0, 0.1) is 0 Å². The molecule has 6 aliphatic rings. The van der Waals surface area contributed by atoms with Crippen LogP contribution in [0.5, 0.6) is 0 Å². The highest BCUT2D eigenvalue weighted by Gasteiger charge is 2.61. The van der Waals surface area contributed by atoms with Crippen molar-refractivity contribution < 1.29 is 168 Å². The molecule has 0 saturated carbocycles. The Morgan fingerprint density at radius 3 is 1.41 bits per heavy atom. The molecule has 0 aromatic carbocycles. The summed E-state index contributed by atoms with van der Waals surface area (Å²) in [5, 5.41) is 204. The highest BCUT2D eigenvalue weighted by molar-refractivity contribution is 5.77. The second kappa shape index (κ2) is 30.2. The molecule has 85 heavy (non-hydrogen) atoms. The van der Waals surface area contributed by atoms with Gasteiger partial charge in [0.05, 0.1) is 51.8 Å². The molecule has 0 aliphatic carbocycles. The average Bonchev–Trinajstić information content (AvgIpc) is 3.60. The van der Waals surface area contributed by atoms with Crippen LogP contribution in [0.25, 0.3) is 0 Å². The molecule has 4 amide bonds. The van der Waals surface area contributed by atoms with E-state index in [0.29, 0.717) is 0 Å². The lowest BCUT2D eigenvalue weighted by molar-refractivity contribution is -0.383. The first-order valence-corrected chi connectivity index (χ1v) is 26.7.